The second kappa shape index (κ2) is 7.37. The minimum Gasteiger partial charge on any atom is -0.464 e. The molecular weight excluding hydrogens is 332 g/mol. The first-order valence-corrected chi connectivity index (χ1v) is 8.18. The van der Waals surface area contributed by atoms with E-state index in [2.05, 4.69) is 10.4 Å². The quantitative estimate of drug-likeness (QED) is 0.686. The Bertz CT molecular complexity index is 964. The molecule has 0 bridgehead atoms. The number of amides is 1. The van der Waals surface area contributed by atoms with Gasteiger partial charge in [-0.05, 0) is 42.8 Å². The molecule has 1 aromatic heterocycles. The smallest absolute Gasteiger partial charge is 0.302 e. The van der Waals surface area contributed by atoms with Crippen LogP contribution < -0.4 is 11.1 Å². The molecular formula is C19H20N4O3. The Labute approximate surface area is 150 Å². The van der Waals surface area contributed by atoms with Crippen LogP contribution in [0.3, 0.4) is 0 Å². The van der Waals surface area contributed by atoms with E-state index in [1.807, 2.05) is 48.0 Å². The van der Waals surface area contributed by atoms with Gasteiger partial charge in [0.05, 0.1) is 17.4 Å². The van der Waals surface area contributed by atoms with E-state index >= 15 is 0 Å². The number of hydrogen-bond acceptors (Lipinski definition) is 5. The number of nitrogens with zero attached hydrogens (tertiary/aromatic N) is 2. The third kappa shape index (κ3) is 3.89. The van der Waals surface area contributed by atoms with Crippen molar-refractivity contribution in [2.75, 3.05) is 11.9 Å². The molecule has 3 N–H and O–H groups in total. The first-order chi connectivity index (χ1) is 12.4. The number of nitrogens with two attached hydrogens (primary N) is 1. The average molecular weight is 352 g/mol. The van der Waals surface area contributed by atoms with Crippen LogP contribution >= 0.6 is 0 Å². The Hall–Kier alpha value is -3.19. The molecule has 0 fully saturated rings. The number of carbonyl (C=O) groups excluding carboxylic acids is 2. The van der Waals surface area contributed by atoms with Crippen LogP contribution in [0.4, 0.5) is 5.69 Å². The second-order valence-electron chi connectivity index (χ2n) is 6.07. The molecule has 0 spiro atoms. The van der Waals surface area contributed by atoms with Crippen LogP contribution in [0.5, 0.6) is 0 Å². The molecule has 0 saturated heterocycles. The topological polar surface area (TPSA) is 99.2 Å². The average Bonchev–Trinajstić information content (AvgIpc) is 3.02. The van der Waals surface area contributed by atoms with Gasteiger partial charge in [-0.1, -0.05) is 12.1 Å². The standard InChI is InChI=1S/C19H20N4O3/c1-12-4-3-5-16(8-12)23-18-9-15(7-6-14(18)10-21-23)22-19(25)17(20)11-26-13(2)24/h3-10,17H,11,20H2,1-2H3,(H,22,25). The number of esters is 1. The number of fused-ring (bicyclic) bond motifs is 1. The van der Waals surface area contributed by atoms with Gasteiger partial charge in [0.15, 0.2) is 0 Å². The molecule has 0 saturated carbocycles. The molecule has 26 heavy (non-hydrogen) atoms. The van der Waals surface area contributed by atoms with Crippen molar-refractivity contribution in [3.8, 4) is 5.69 Å². The van der Waals surface area contributed by atoms with E-state index < -0.39 is 17.9 Å². The number of aryl methyl sites for hydroxylation is 1. The maximum Gasteiger partial charge on any atom is 0.302 e. The number of ether oxygens (including phenoxy) is 1. The van der Waals surface area contributed by atoms with Crippen LogP contribution in [0, 0.1) is 6.92 Å². The Morgan fingerprint density at radius 1 is 1.27 bits per heavy atom. The Kier molecular flexibility index (Phi) is 4.99. The van der Waals surface area contributed by atoms with E-state index in [1.165, 1.54) is 6.92 Å². The Morgan fingerprint density at radius 3 is 2.81 bits per heavy atom. The zero-order valence-electron chi connectivity index (χ0n) is 14.6. The normalized spacial score (nSPS) is 12.0. The van der Waals surface area contributed by atoms with Gasteiger partial charge < -0.3 is 15.8 Å². The summed E-state index contributed by atoms with van der Waals surface area (Å²) in [7, 11) is 0. The molecule has 7 nitrogen and oxygen atoms in total. The summed E-state index contributed by atoms with van der Waals surface area (Å²) in [6.45, 7) is 3.13. The summed E-state index contributed by atoms with van der Waals surface area (Å²) in [5.74, 6) is -0.899. The van der Waals surface area contributed by atoms with E-state index in [0.717, 1.165) is 22.2 Å². The van der Waals surface area contributed by atoms with Crippen molar-refractivity contribution in [3.63, 3.8) is 0 Å². The van der Waals surface area contributed by atoms with Crippen LogP contribution in [0.25, 0.3) is 16.6 Å². The third-order valence-corrected chi connectivity index (χ3v) is 3.89. The monoisotopic (exact) mass is 352 g/mol. The van der Waals surface area contributed by atoms with Gasteiger partial charge in [-0.15, -0.1) is 0 Å². The second-order valence-corrected chi connectivity index (χ2v) is 6.07. The van der Waals surface area contributed by atoms with Crippen molar-refractivity contribution in [1.29, 1.82) is 0 Å². The molecule has 1 atom stereocenters. The summed E-state index contributed by atoms with van der Waals surface area (Å²) >= 11 is 0. The van der Waals surface area contributed by atoms with Gasteiger partial charge in [-0.2, -0.15) is 5.10 Å². The van der Waals surface area contributed by atoms with E-state index in [0.29, 0.717) is 5.69 Å². The highest BCUT2D eigenvalue weighted by Crippen LogP contribution is 2.22. The first-order valence-electron chi connectivity index (χ1n) is 8.18. The van der Waals surface area contributed by atoms with Crippen LogP contribution in [-0.2, 0) is 14.3 Å². The van der Waals surface area contributed by atoms with E-state index in [-0.39, 0.29) is 6.61 Å². The Morgan fingerprint density at radius 2 is 2.08 bits per heavy atom. The molecule has 0 aliphatic rings. The molecule has 7 heteroatoms. The molecule has 0 aliphatic carbocycles. The van der Waals surface area contributed by atoms with Crippen LogP contribution in [0.1, 0.15) is 12.5 Å². The highest BCUT2D eigenvalue weighted by Gasteiger charge is 2.16. The molecule has 1 unspecified atom stereocenters. The minimum absolute atomic E-state index is 0.162. The van der Waals surface area contributed by atoms with Gasteiger partial charge in [0.2, 0.25) is 5.91 Å². The molecule has 134 valence electrons. The summed E-state index contributed by atoms with van der Waals surface area (Å²) in [6, 6.07) is 12.6. The fourth-order valence-corrected chi connectivity index (χ4v) is 2.58. The van der Waals surface area contributed by atoms with Crippen molar-refractivity contribution < 1.29 is 14.3 Å². The van der Waals surface area contributed by atoms with Gasteiger partial charge in [0, 0.05) is 18.0 Å². The lowest BCUT2D eigenvalue weighted by Gasteiger charge is -2.12. The predicted molar refractivity (Wildman–Crippen MR) is 99.0 cm³/mol. The van der Waals surface area contributed by atoms with E-state index in [4.69, 9.17) is 10.5 Å². The molecule has 3 aromatic rings. The lowest BCUT2D eigenvalue weighted by Crippen LogP contribution is -2.39. The molecule has 1 amide bonds. The highest BCUT2D eigenvalue weighted by molar-refractivity contribution is 5.97. The number of anilines is 1. The maximum absolute atomic E-state index is 12.1. The summed E-state index contributed by atoms with van der Waals surface area (Å²) < 4.78 is 6.59. The first kappa shape index (κ1) is 17.6. The van der Waals surface area contributed by atoms with Crippen LogP contribution in [0.2, 0.25) is 0 Å². The summed E-state index contributed by atoms with van der Waals surface area (Å²) in [6.07, 6.45) is 1.77. The zero-order valence-corrected chi connectivity index (χ0v) is 14.6. The Balaban J connectivity index is 1.83. The number of rotatable bonds is 5. The summed E-state index contributed by atoms with van der Waals surface area (Å²) in [4.78, 5) is 23.0. The largest absolute Gasteiger partial charge is 0.464 e. The van der Waals surface area contributed by atoms with Crippen LogP contribution in [-0.4, -0.2) is 34.3 Å². The highest BCUT2D eigenvalue weighted by atomic mass is 16.5. The fourth-order valence-electron chi connectivity index (χ4n) is 2.58. The van der Waals surface area contributed by atoms with E-state index in [1.54, 1.807) is 12.3 Å². The number of hydrogen-bond donors (Lipinski definition) is 2. The molecule has 1 heterocycles. The van der Waals surface area contributed by atoms with Crippen molar-refractivity contribution in [3.05, 3.63) is 54.2 Å². The van der Waals surface area contributed by atoms with Crippen molar-refractivity contribution >= 4 is 28.5 Å². The maximum atomic E-state index is 12.1. The number of benzene rings is 2. The number of carbonyl (C=O) groups is 2. The number of nitrogens with one attached hydrogen (secondary N) is 1. The molecule has 0 radical (unpaired) electrons. The van der Waals surface area contributed by atoms with Gasteiger partial charge >= 0.3 is 5.97 Å². The minimum atomic E-state index is -0.934. The van der Waals surface area contributed by atoms with Gasteiger partial charge in [0.25, 0.3) is 0 Å². The lowest BCUT2D eigenvalue weighted by molar-refractivity contribution is -0.142. The fraction of sp³-hybridized carbons (Fsp3) is 0.211. The zero-order chi connectivity index (χ0) is 18.7. The third-order valence-electron chi connectivity index (χ3n) is 3.89. The summed E-state index contributed by atoms with van der Waals surface area (Å²) in [5, 5.41) is 8.13. The predicted octanol–water partition coefficient (Wildman–Crippen LogP) is 2.16. The molecule has 0 aliphatic heterocycles. The van der Waals surface area contributed by atoms with E-state index in [9.17, 15) is 9.59 Å². The number of aromatic nitrogens is 2. The summed E-state index contributed by atoms with van der Waals surface area (Å²) in [5.41, 5.74) is 9.26. The van der Waals surface area contributed by atoms with Crippen molar-refractivity contribution in [1.82, 2.24) is 9.78 Å². The van der Waals surface area contributed by atoms with Gasteiger partial charge in [-0.3, -0.25) is 9.59 Å². The van der Waals surface area contributed by atoms with Crippen LogP contribution in [0.15, 0.2) is 48.7 Å². The SMILES string of the molecule is CC(=O)OCC(N)C(=O)Nc1ccc2cnn(-c3cccc(C)c3)c2c1. The molecule has 3 rings (SSSR count). The van der Waals surface area contributed by atoms with Crippen molar-refractivity contribution in [2.24, 2.45) is 5.73 Å². The molecule has 2 aromatic carbocycles. The lowest BCUT2D eigenvalue weighted by atomic mass is 10.2. The van der Waals surface area contributed by atoms with Gasteiger partial charge in [0.1, 0.15) is 12.6 Å². The van der Waals surface area contributed by atoms with Crippen molar-refractivity contribution in [2.45, 2.75) is 19.9 Å². The van der Waals surface area contributed by atoms with Gasteiger partial charge in [-0.25, -0.2) is 4.68 Å².